The Bertz CT molecular complexity index is 462. The van der Waals surface area contributed by atoms with Crippen molar-refractivity contribution in [2.75, 3.05) is 5.32 Å². The Kier molecular flexibility index (Phi) is 2.60. The molecule has 0 spiro atoms. The molecule has 0 aliphatic rings. The smallest absolute Gasteiger partial charge is 0.300 e. The predicted octanol–water partition coefficient (Wildman–Crippen LogP) is 3.08. The first-order chi connectivity index (χ1) is 7.15. The molecule has 0 atom stereocenters. The van der Waals surface area contributed by atoms with Crippen LogP contribution in [0.15, 0.2) is 22.7 Å². The molecule has 78 valence electrons. The molecule has 2 heterocycles. The first-order valence-electron chi connectivity index (χ1n) is 4.48. The summed E-state index contributed by atoms with van der Waals surface area (Å²) in [6.45, 7) is 3.74. The third-order valence-corrected chi connectivity index (χ3v) is 2.22. The molecule has 4 nitrogen and oxygen atoms in total. The van der Waals surface area contributed by atoms with Gasteiger partial charge < -0.3 is 4.42 Å². The van der Waals surface area contributed by atoms with Crippen LogP contribution in [0.3, 0.4) is 0 Å². The molecule has 0 amide bonds. The summed E-state index contributed by atoms with van der Waals surface area (Å²) in [5, 5.41) is 3.55. The van der Waals surface area contributed by atoms with Crippen LogP contribution in [0.2, 0.25) is 5.02 Å². The summed E-state index contributed by atoms with van der Waals surface area (Å²) in [7, 11) is 0. The lowest BCUT2D eigenvalue weighted by molar-refractivity contribution is 0.543. The van der Waals surface area contributed by atoms with Gasteiger partial charge in [0.1, 0.15) is 11.6 Å². The Labute approximate surface area is 92.3 Å². The van der Waals surface area contributed by atoms with E-state index in [-0.39, 0.29) is 0 Å². The monoisotopic (exact) mass is 223 g/mol. The van der Waals surface area contributed by atoms with Gasteiger partial charge in [-0.25, -0.2) is 4.98 Å². The van der Waals surface area contributed by atoms with Crippen molar-refractivity contribution in [3.8, 4) is 0 Å². The quantitative estimate of drug-likeness (QED) is 0.850. The molecule has 15 heavy (non-hydrogen) atoms. The molecule has 0 unspecified atom stereocenters. The molecule has 0 aromatic carbocycles. The predicted molar refractivity (Wildman–Crippen MR) is 58.5 cm³/mol. The Morgan fingerprint density at radius 1 is 1.40 bits per heavy atom. The molecule has 2 rings (SSSR count). The van der Waals surface area contributed by atoms with Crippen LogP contribution in [0.1, 0.15) is 11.5 Å². The largest absolute Gasteiger partial charge is 0.429 e. The van der Waals surface area contributed by atoms with Crippen molar-refractivity contribution < 1.29 is 4.42 Å². The van der Waals surface area contributed by atoms with Crippen molar-refractivity contribution in [2.45, 2.75) is 13.8 Å². The Morgan fingerprint density at radius 2 is 2.20 bits per heavy atom. The average molecular weight is 224 g/mol. The van der Waals surface area contributed by atoms with E-state index in [9.17, 15) is 0 Å². The number of anilines is 2. The number of halogens is 1. The molecule has 0 fully saturated rings. The van der Waals surface area contributed by atoms with E-state index in [1.807, 2.05) is 13.8 Å². The highest BCUT2D eigenvalue weighted by molar-refractivity contribution is 6.30. The first kappa shape index (κ1) is 9.98. The second-order valence-corrected chi connectivity index (χ2v) is 3.58. The van der Waals surface area contributed by atoms with E-state index in [1.165, 1.54) is 0 Å². The number of hydrogen-bond donors (Lipinski definition) is 1. The van der Waals surface area contributed by atoms with Crippen molar-refractivity contribution in [3.63, 3.8) is 0 Å². The van der Waals surface area contributed by atoms with Gasteiger partial charge in [-0.2, -0.15) is 4.98 Å². The molecule has 0 bridgehead atoms. The molecule has 0 radical (unpaired) electrons. The molecule has 1 N–H and O–H groups in total. The van der Waals surface area contributed by atoms with Crippen LogP contribution in [-0.4, -0.2) is 9.97 Å². The Balaban J connectivity index is 2.22. The lowest BCUT2D eigenvalue weighted by Crippen LogP contribution is -1.92. The minimum atomic E-state index is 0.430. The van der Waals surface area contributed by atoms with Gasteiger partial charge in [-0.15, -0.1) is 0 Å². The fraction of sp³-hybridized carbons (Fsp3) is 0.200. The zero-order chi connectivity index (χ0) is 10.8. The van der Waals surface area contributed by atoms with Crippen molar-refractivity contribution in [3.05, 3.63) is 34.8 Å². The SMILES string of the molecule is Cc1nc(Nc2cc(Cl)ccn2)oc1C. The standard InChI is InChI=1S/C10H10ClN3O/c1-6-7(2)15-10(13-6)14-9-5-8(11)3-4-12-9/h3-5H,1-2H3,(H,12,13,14). The number of pyridine rings is 1. The van der Waals surface area contributed by atoms with Crippen molar-refractivity contribution in [2.24, 2.45) is 0 Å². The maximum atomic E-state index is 5.82. The second-order valence-electron chi connectivity index (χ2n) is 3.14. The van der Waals surface area contributed by atoms with Crippen LogP contribution >= 0.6 is 11.6 Å². The van der Waals surface area contributed by atoms with Crippen LogP contribution in [0.4, 0.5) is 11.8 Å². The minimum Gasteiger partial charge on any atom is -0.429 e. The van der Waals surface area contributed by atoms with E-state index in [1.54, 1.807) is 18.3 Å². The average Bonchev–Trinajstić information content (AvgIpc) is 2.45. The van der Waals surface area contributed by atoms with Crippen LogP contribution in [-0.2, 0) is 0 Å². The van der Waals surface area contributed by atoms with E-state index in [0.717, 1.165) is 11.5 Å². The third kappa shape index (κ3) is 2.27. The molecule has 0 saturated heterocycles. The third-order valence-electron chi connectivity index (χ3n) is 1.99. The number of rotatable bonds is 2. The van der Waals surface area contributed by atoms with E-state index in [2.05, 4.69) is 15.3 Å². The van der Waals surface area contributed by atoms with E-state index < -0.39 is 0 Å². The van der Waals surface area contributed by atoms with Gasteiger partial charge in [0.2, 0.25) is 0 Å². The highest BCUT2D eigenvalue weighted by Crippen LogP contribution is 2.19. The van der Waals surface area contributed by atoms with Gasteiger partial charge in [-0.3, -0.25) is 5.32 Å². The normalized spacial score (nSPS) is 10.3. The molecule has 2 aromatic rings. The molecule has 0 saturated carbocycles. The zero-order valence-corrected chi connectivity index (χ0v) is 9.17. The van der Waals surface area contributed by atoms with Gasteiger partial charge >= 0.3 is 6.01 Å². The summed E-state index contributed by atoms with van der Waals surface area (Å²) in [5.41, 5.74) is 0.861. The van der Waals surface area contributed by atoms with Crippen molar-refractivity contribution in [1.29, 1.82) is 0 Å². The topological polar surface area (TPSA) is 51.0 Å². The number of nitrogens with one attached hydrogen (secondary N) is 1. The molecule has 2 aromatic heterocycles. The van der Waals surface area contributed by atoms with Crippen LogP contribution < -0.4 is 5.32 Å². The maximum absolute atomic E-state index is 5.82. The Hall–Kier alpha value is -1.55. The number of aryl methyl sites for hydroxylation is 2. The molecular formula is C10H10ClN3O. The van der Waals surface area contributed by atoms with Gasteiger partial charge in [-0.1, -0.05) is 11.6 Å². The fourth-order valence-corrected chi connectivity index (χ4v) is 1.27. The summed E-state index contributed by atoms with van der Waals surface area (Å²) in [6.07, 6.45) is 1.62. The summed E-state index contributed by atoms with van der Waals surface area (Å²) in [4.78, 5) is 8.25. The zero-order valence-electron chi connectivity index (χ0n) is 8.41. The van der Waals surface area contributed by atoms with Crippen molar-refractivity contribution in [1.82, 2.24) is 9.97 Å². The van der Waals surface area contributed by atoms with E-state index >= 15 is 0 Å². The molecule has 0 aliphatic carbocycles. The lowest BCUT2D eigenvalue weighted by atomic mass is 10.4. The van der Waals surface area contributed by atoms with Gasteiger partial charge in [-0.05, 0) is 26.0 Å². The lowest BCUT2D eigenvalue weighted by Gasteiger charge is -1.99. The summed E-state index contributed by atoms with van der Waals surface area (Å²) >= 11 is 5.82. The van der Waals surface area contributed by atoms with E-state index in [4.69, 9.17) is 16.0 Å². The summed E-state index contributed by atoms with van der Waals surface area (Å²) in [6, 6.07) is 3.84. The number of oxazole rings is 1. The van der Waals surface area contributed by atoms with Crippen LogP contribution in [0.5, 0.6) is 0 Å². The fourth-order valence-electron chi connectivity index (χ4n) is 1.11. The number of aromatic nitrogens is 2. The highest BCUT2D eigenvalue weighted by Gasteiger charge is 2.05. The Morgan fingerprint density at radius 3 is 2.80 bits per heavy atom. The second kappa shape index (κ2) is 3.90. The van der Waals surface area contributed by atoms with Gasteiger partial charge in [0.15, 0.2) is 0 Å². The summed E-state index contributed by atoms with van der Waals surface area (Å²) in [5.74, 6) is 1.41. The van der Waals surface area contributed by atoms with Crippen LogP contribution in [0, 0.1) is 13.8 Å². The molecule has 5 heteroatoms. The number of hydrogen-bond acceptors (Lipinski definition) is 4. The minimum absolute atomic E-state index is 0.430. The highest BCUT2D eigenvalue weighted by atomic mass is 35.5. The maximum Gasteiger partial charge on any atom is 0.300 e. The van der Waals surface area contributed by atoms with Gasteiger partial charge in [0.25, 0.3) is 0 Å². The first-order valence-corrected chi connectivity index (χ1v) is 4.85. The van der Waals surface area contributed by atoms with Gasteiger partial charge in [0.05, 0.1) is 5.69 Å². The summed E-state index contributed by atoms with van der Waals surface area (Å²) < 4.78 is 5.35. The number of nitrogens with zero attached hydrogens (tertiary/aromatic N) is 2. The van der Waals surface area contributed by atoms with Crippen molar-refractivity contribution >= 4 is 23.4 Å². The van der Waals surface area contributed by atoms with E-state index in [0.29, 0.717) is 16.9 Å². The van der Waals surface area contributed by atoms with Gasteiger partial charge in [0, 0.05) is 11.2 Å². The molecular weight excluding hydrogens is 214 g/mol. The molecule has 0 aliphatic heterocycles. The van der Waals surface area contributed by atoms with Crippen LogP contribution in [0.25, 0.3) is 0 Å².